The van der Waals surface area contributed by atoms with Crippen LogP contribution >= 0.6 is 0 Å². The van der Waals surface area contributed by atoms with Crippen molar-refractivity contribution in [2.45, 2.75) is 31.1 Å². The number of hydrogen-bond acceptors (Lipinski definition) is 3. The molecule has 18 heavy (non-hydrogen) atoms. The molecule has 0 saturated heterocycles. The zero-order chi connectivity index (χ0) is 12.4. The first kappa shape index (κ1) is 11.7. The lowest BCUT2D eigenvalue weighted by molar-refractivity contribution is 0.453. The van der Waals surface area contributed by atoms with Gasteiger partial charge in [-0.05, 0) is 30.5 Å². The number of benzene rings is 1. The van der Waals surface area contributed by atoms with Crippen LogP contribution in [0.15, 0.2) is 29.3 Å². The lowest BCUT2D eigenvalue weighted by Gasteiger charge is -2.28. The summed E-state index contributed by atoms with van der Waals surface area (Å²) in [6.07, 6.45) is 7.06. The smallest absolute Gasteiger partial charge is 0.0895 e. The van der Waals surface area contributed by atoms with Crippen LogP contribution in [-0.4, -0.2) is 26.0 Å². The minimum absolute atomic E-state index is 0.248. The van der Waals surface area contributed by atoms with Crippen LogP contribution in [-0.2, 0) is 5.41 Å². The fraction of sp³-hybridized carbons (Fsp3) is 0.533. The Bertz CT molecular complexity index is 430. The van der Waals surface area contributed by atoms with E-state index >= 15 is 0 Å². The van der Waals surface area contributed by atoms with Gasteiger partial charge in [-0.15, -0.1) is 0 Å². The molecule has 1 aromatic rings. The SMILES string of the molecule is NCC1(c2ccc(N3C=NCC3)cc2)CCCC1. The van der Waals surface area contributed by atoms with Gasteiger partial charge in [-0.25, -0.2) is 0 Å². The van der Waals surface area contributed by atoms with E-state index in [0.717, 1.165) is 19.6 Å². The number of rotatable bonds is 3. The molecule has 1 saturated carbocycles. The molecule has 0 amide bonds. The maximum atomic E-state index is 6.03. The van der Waals surface area contributed by atoms with Gasteiger partial charge >= 0.3 is 0 Å². The number of nitrogens with zero attached hydrogens (tertiary/aromatic N) is 2. The molecular weight excluding hydrogens is 222 g/mol. The zero-order valence-corrected chi connectivity index (χ0v) is 10.8. The van der Waals surface area contributed by atoms with E-state index in [1.54, 1.807) is 0 Å². The van der Waals surface area contributed by atoms with E-state index in [0.29, 0.717) is 0 Å². The summed E-state index contributed by atoms with van der Waals surface area (Å²) in [5, 5.41) is 0. The number of aliphatic imine (C=N–C) groups is 1. The molecule has 0 atom stereocenters. The van der Waals surface area contributed by atoms with Crippen LogP contribution in [0.2, 0.25) is 0 Å². The van der Waals surface area contributed by atoms with Crippen LogP contribution in [0, 0.1) is 0 Å². The normalized spacial score (nSPS) is 21.7. The molecule has 1 fully saturated rings. The number of hydrogen-bond donors (Lipinski definition) is 1. The van der Waals surface area contributed by atoms with Crippen molar-refractivity contribution in [3.8, 4) is 0 Å². The third-order valence-electron chi connectivity index (χ3n) is 4.45. The van der Waals surface area contributed by atoms with E-state index < -0.39 is 0 Å². The molecule has 1 aromatic carbocycles. The molecule has 0 spiro atoms. The maximum absolute atomic E-state index is 6.03. The molecule has 96 valence electrons. The Morgan fingerprint density at radius 1 is 1.17 bits per heavy atom. The van der Waals surface area contributed by atoms with E-state index in [-0.39, 0.29) is 5.41 Å². The molecule has 3 rings (SSSR count). The molecule has 3 heteroatoms. The van der Waals surface area contributed by atoms with Crippen LogP contribution in [0.3, 0.4) is 0 Å². The topological polar surface area (TPSA) is 41.6 Å². The van der Waals surface area contributed by atoms with Gasteiger partial charge in [0.15, 0.2) is 0 Å². The monoisotopic (exact) mass is 243 g/mol. The van der Waals surface area contributed by atoms with Crippen molar-refractivity contribution in [3.63, 3.8) is 0 Å². The van der Waals surface area contributed by atoms with Gasteiger partial charge in [0.2, 0.25) is 0 Å². The summed E-state index contributed by atoms with van der Waals surface area (Å²) in [6, 6.07) is 8.95. The van der Waals surface area contributed by atoms with Crippen molar-refractivity contribution in [2.24, 2.45) is 10.7 Å². The molecule has 2 N–H and O–H groups in total. The minimum atomic E-state index is 0.248. The van der Waals surface area contributed by atoms with Gasteiger partial charge in [0, 0.05) is 24.2 Å². The molecule has 1 aliphatic heterocycles. The molecular formula is C15H21N3. The van der Waals surface area contributed by atoms with E-state index in [9.17, 15) is 0 Å². The first-order chi connectivity index (χ1) is 8.84. The van der Waals surface area contributed by atoms with Crippen LogP contribution in [0.25, 0.3) is 0 Å². The lowest BCUT2D eigenvalue weighted by Crippen LogP contribution is -2.32. The summed E-state index contributed by atoms with van der Waals surface area (Å²) in [7, 11) is 0. The largest absolute Gasteiger partial charge is 0.331 e. The summed E-state index contributed by atoms with van der Waals surface area (Å²) >= 11 is 0. The third-order valence-corrected chi connectivity index (χ3v) is 4.45. The van der Waals surface area contributed by atoms with E-state index in [4.69, 9.17) is 5.73 Å². The Kier molecular flexibility index (Phi) is 3.08. The van der Waals surface area contributed by atoms with E-state index in [2.05, 4.69) is 34.2 Å². The van der Waals surface area contributed by atoms with Crippen molar-refractivity contribution in [2.75, 3.05) is 24.5 Å². The number of nitrogens with two attached hydrogens (primary N) is 1. The van der Waals surface area contributed by atoms with Crippen LogP contribution < -0.4 is 10.6 Å². The Hall–Kier alpha value is -1.35. The van der Waals surface area contributed by atoms with Gasteiger partial charge in [-0.1, -0.05) is 25.0 Å². The Morgan fingerprint density at radius 2 is 1.89 bits per heavy atom. The second-order valence-corrected chi connectivity index (χ2v) is 5.45. The first-order valence-corrected chi connectivity index (χ1v) is 6.91. The lowest BCUT2D eigenvalue weighted by atomic mass is 9.79. The summed E-state index contributed by atoms with van der Waals surface area (Å²) < 4.78 is 0. The van der Waals surface area contributed by atoms with Gasteiger partial charge in [-0.3, -0.25) is 4.99 Å². The van der Waals surface area contributed by atoms with Crippen LogP contribution in [0.1, 0.15) is 31.2 Å². The predicted octanol–water partition coefficient (Wildman–Crippen LogP) is 2.31. The Morgan fingerprint density at radius 3 is 2.44 bits per heavy atom. The second-order valence-electron chi connectivity index (χ2n) is 5.45. The van der Waals surface area contributed by atoms with Crippen molar-refractivity contribution in [1.29, 1.82) is 0 Å². The van der Waals surface area contributed by atoms with E-state index in [1.807, 2.05) is 6.34 Å². The molecule has 3 nitrogen and oxygen atoms in total. The minimum Gasteiger partial charge on any atom is -0.331 e. The highest BCUT2D eigenvalue weighted by Gasteiger charge is 2.34. The predicted molar refractivity (Wildman–Crippen MR) is 76.3 cm³/mol. The van der Waals surface area contributed by atoms with E-state index in [1.165, 1.54) is 36.9 Å². The summed E-state index contributed by atoms with van der Waals surface area (Å²) in [5.74, 6) is 0. The van der Waals surface area contributed by atoms with Crippen molar-refractivity contribution in [3.05, 3.63) is 29.8 Å². The zero-order valence-electron chi connectivity index (χ0n) is 10.8. The van der Waals surface area contributed by atoms with Gasteiger partial charge in [0.1, 0.15) is 0 Å². The maximum Gasteiger partial charge on any atom is 0.0895 e. The quantitative estimate of drug-likeness (QED) is 0.885. The summed E-state index contributed by atoms with van der Waals surface area (Å²) in [4.78, 5) is 6.45. The molecule has 1 heterocycles. The third kappa shape index (κ3) is 1.93. The van der Waals surface area contributed by atoms with Crippen molar-refractivity contribution >= 4 is 12.0 Å². The molecule has 0 unspecified atom stereocenters. The molecule has 1 aliphatic carbocycles. The van der Waals surface area contributed by atoms with Gasteiger partial charge in [0.25, 0.3) is 0 Å². The van der Waals surface area contributed by atoms with Gasteiger partial charge in [0.05, 0.1) is 12.9 Å². The Balaban J connectivity index is 1.83. The summed E-state index contributed by atoms with van der Waals surface area (Å²) in [5.41, 5.74) is 8.94. The molecule has 0 aromatic heterocycles. The van der Waals surface area contributed by atoms with Crippen molar-refractivity contribution in [1.82, 2.24) is 0 Å². The highest BCUT2D eigenvalue weighted by Crippen LogP contribution is 2.40. The van der Waals surface area contributed by atoms with Crippen molar-refractivity contribution < 1.29 is 0 Å². The fourth-order valence-corrected chi connectivity index (χ4v) is 3.24. The van der Waals surface area contributed by atoms with Gasteiger partial charge < -0.3 is 10.6 Å². The van der Waals surface area contributed by atoms with Gasteiger partial charge in [-0.2, -0.15) is 0 Å². The molecule has 2 aliphatic rings. The highest BCUT2D eigenvalue weighted by molar-refractivity contribution is 5.80. The first-order valence-electron chi connectivity index (χ1n) is 6.91. The van der Waals surface area contributed by atoms with Crippen LogP contribution in [0.4, 0.5) is 5.69 Å². The fourth-order valence-electron chi connectivity index (χ4n) is 3.24. The highest BCUT2D eigenvalue weighted by atomic mass is 15.2. The molecule has 0 radical (unpaired) electrons. The average molecular weight is 243 g/mol. The Labute approximate surface area is 109 Å². The van der Waals surface area contributed by atoms with Crippen LogP contribution in [0.5, 0.6) is 0 Å². The number of anilines is 1. The molecule has 0 bridgehead atoms. The summed E-state index contributed by atoms with van der Waals surface area (Å²) in [6.45, 7) is 2.69. The standard InChI is InChI=1S/C15H21N3/c16-11-15(7-1-2-8-15)13-3-5-14(6-4-13)18-10-9-17-12-18/h3-6,12H,1-2,7-11,16H2. The second kappa shape index (κ2) is 4.73. The average Bonchev–Trinajstić information content (AvgIpc) is 3.11.